The van der Waals surface area contributed by atoms with Crippen molar-refractivity contribution in [3.8, 4) is 0 Å². The van der Waals surface area contributed by atoms with Crippen LogP contribution in [0.4, 0.5) is 0 Å². The van der Waals surface area contributed by atoms with Crippen LogP contribution in [0.2, 0.25) is 0 Å². The highest BCUT2D eigenvalue weighted by Gasteiger charge is 2.33. The van der Waals surface area contributed by atoms with E-state index in [0.29, 0.717) is 6.04 Å². The molecule has 0 aliphatic heterocycles. The maximum absolute atomic E-state index is 4.42. The molecular formula is C13H23N5. The minimum atomic E-state index is 0.590. The molecule has 0 aromatic carbocycles. The third kappa shape index (κ3) is 2.66. The molecule has 100 valence electrons. The first kappa shape index (κ1) is 12.9. The quantitative estimate of drug-likeness (QED) is 0.623. The SMILES string of the molecule is CN=C(NCc1c(C)nn(C)c1C)NC1CC1C. The Morgan fingerprint density at radius 3 is 2.61 bits per heavy atom. The van der Waals surface area contributed by atoms with Crippen LogP contribution in [0.1, 0.15) is 30.3 Å². The number of hydrogen-bond acceptors (Lipinski definition) is 2. The lowest BCUT2D eigenvalue weighted by Crippen LogP contribution is -2.38. The van der Waals surface area contributed by atoms with Gasteiger partial charge in [-0.05, 0) is 26.2 Å². The largest absolute Gasteiger partial charge is 0.353 e. The molecule has 0 radical (unpaired) electrons. The molecule has 1 aliphatic rings. The van der Waals surface area contributed by atoms with Crippen molar-refractivity contribution >= 4 is 5.96 Å². The third-order valence-electron chi connectivity index (χ3n) is 3.75. The molecule has 1 aromatic heterocycles. The standard InChI is InChI=1S/C13H23N5/c1-8-6-12(8)16-13(14-4)15-7-11-9(2)17-18(5)10(11)3/h8,12H,6-7H2,1-5H3,(H2,14,15,16). The highest BCUT2D eigenvalue weighted by molar-refractivity contribution is 5.80. The average molecular weight is 249 g/mol. The van der Waals surface area contributed by atoms with Crippen molar-refractivity contribution in [3.63, 3.8) is 0 Å². The van der Waals surface area contributed by atoms with Gasteiger partial charge in [0.1, 0.15) is 0 Å². The maximum Gasteiger partial charge on any atom is 0.191 e. The van der Waals surface area contributed by atoms with Crippen LogP contribution in [0.5, 0.6) is 0 Å². The Bertz CT molecular complexity index is 460. The molecule has 1 aromatic rings. The summed E-state index contributed by atoms with van der Waals surface area (Å²) in [6.07, 6.45) is 1.24. The molecule has 18 heavy (non-hydrogen) atoms. The molecule has 0 amide bonds. The fraction of sp³-hybridized carbons (Fsp3) is 0.692. The predicted octanol–water partition coefficient (Wildman–Crippen LogP) is 1.11. The van der Waals surface area contributed by atoms with Crippen LogP contribution in [0.25, 0.3) is 0 Å². The monoisotopic (exact) mass is 249 g/mol. The van der Waals surface area contributed by atoms with E-state index in [1.807, 2.05) is 25.7 Å². The second-order valence-electron chi connectivity index (χ2n) is 5.16. The topological polar surface area (TPSA) is 54.2 Å². The van der Waals surface area contributed by atoms with Gasteiger partial charge in [0.25, 0.3) is 0 Å². The van der Waals surface area contributed by atoms with Crippen molar-refractivity contribution in [2.75, 3.05) is 7.05 Å². The Labute approximate surface area is 109 Å². The summed E-state index contributed by atoms with van der Waals surface area (Å²) >= 11 is 0. The second kappa shape index (κ2) is 5.00. The molecule has 2 atom stereocenters. The minimum Gasteiger partial charge on any atom is -0.353 e. The molecule has 1 fully saturated rings. The number of aromatic nitrogens is 2. The Morgan fingerprint density at radius 1 is 1.50 bits per heavy atom. The first-order chi connectivity index (χ1) is 8.52. The van der Waals surface area contributed by atoms with Crippen LogP contribution >= 0.6 is 0 Å². The van der Waals surface area contributed by atoms with Gasteiger partial charge in [-0.15, -0.1) is 0 Å². The molecule has 2 N–H and O–H groups in total. The van der Waals surface area contributed by atoms with Gasteiger partial charge >= 0.3 is 0 Å². The van der Waals surface area contributed by atoms with E-state index in [1.54, 1.807) is 0 Å². The van der Waals surface area contributed by atoms with E-state index in [2.05, 4.69) is 34.6 Å². The number of nitrogens with zero attached hydrogens (tertiary/aromatic N) is 3. The van der Waals surface area contributed by atoms with Gasteiger partial charge in [0, 0.05) is 37.9 Å². The summed E-state index contributed by atoms with van der Waals surface area (Å²) < 4.78 is 1.92. The number of aryl methyl sites for hydroxylation is 2. The van der Waals surface area contributed by atoms with Crippen molar-refractivity contribution in [1.29, 1.82) is 0 Å². The zero-order valence-electron chi connectivity index (χ0n) is 11.9. The summed E-state index contributed by atoms with van der Waals surface area (Å²) in [5, 5.41) is 11.2. The van der Waals surface area contributed by atoms with E-state index >= 15 is 0 Å². The van der Waals surface area contributed by atoms with Gasteiger partial charge in [0.15, 0.2) is 5.96 Å². The predicted molar refractivity (Wildman–Crippen MR) is 73.6 cm³/mol. The van der Waals surface area contributed by atoms with Crippen LogP contribution < -0.4 is 10.6 Å². The summed E-state index contributed by atoms with van der Waals surface area (Å²) in [6.45, 7) is 7.16. The fourth-order valence-electron chi connectivity index (χ4n) is 2.14. The van der Waals surface area contributed by atoms with Gasteiger partial charge in [-0.3, -0.25) is 9.67 Å². The molecule has 0 saturated heterocycles. The van der Waals surface area contributed by atoms with Crippen LogP contribution in [0.15, 0.2) is 4.99 Å². The van der Waals surface area contributed by atoms with Crippen molar-refractivity contribution in [1.82, 2.24) is 20.4 Å². The molecule has 1 aliphatic carbocycles. The van der Waals surface area contributed by atoms with Gasteiger partial charge in [0.05, 0.1) is 5.69 Å². The van der Waals surface area contributed by atoms with E-state index in [0.717, 1.165) is 24.1 Å². The second-order valence-corrected chi connectivity index (χ2v) is 5.16. The molecule has 0 spiro atoms. The van der Waals surface area contributed by atoms with Crippen LogP contribution in [0.3, 0.4) is 0 Å². The lowest BCUT2D eigenvalue weighted by molar-refractivity contribution is 0.727. The van der Waals surface area contributed by atoms with Gasteiger partial charge in [-0.2, -0.15) is 5.10 Å². The summed E-state index contributed by atoms with van der Waals surface area (Å²) in [6, 6.07) is 0.590. The Morgan fingerprint density at radius 2 is 2.17 bits per heavy atom. The molecule has 0 bridgehead atoms. The summed E-state index contributed by atoms with van der Waals surface area (Å²) in [4.78, 5) is 4.25. The van der Waals surface area contributed by atoms with E-state index in [1.165, 1.54) is 17.7 Å². The number of guanidine groups is 1. The van der Waals surface area contributed by atoms with Crippen molar-refractivity contribution in [2.45, 2.75) is 39.8 Å². The zero-order chi connectivity index (χ0) is 13.3. The van der Waals surface area contributed by atoms with Crippen molar-refractivity contribution < 1.29 is 0 Å². The number of aliphatic imine (C=N–C) groups is 1. The summed E-state index contributed by atoms with van der Waals surface area (Å²) in [7, 11) is 3.79. The van der Waals surface area contributed by atoms with E-state index in [9.17, 15) is 0 Å². The number of nitrogens with one attached hydrogen (secondary N) is 2. The molecule has 2 unspecified atom stereocenters. The highest BCUT2D eigenvalue weighted by Crippen LogP contribution is 2.28. The van der Waals surface area contributed by atoms with Crippen LogP contribution in [-0.2, 0) is 13.6 Å². The first-order valence-corrected chi connectivity index (χ1v) is 6.49. The van der Waals surface area contributed by atoms with E-state index < -0.39 is 0 Å². The molecule has 1 saturated carbocycles. The summed E-state index contributed by atoms with van der Waals surface area (Å²) in [5.41, 5.74) is 3.54. The number of hydrogen-bond donors (Lipinski definition) is 2. The minimum absolute atomic E-state index is 0.590. The third-order valence-corrected chi connectivity index (χ3v) is 3.75. The molecular weight excluding hydrogens is 226 g/mol. The Hall–Kier alpha value is -1.52. The average Bonchev–Trinajstić information content (AvgIpc) is 2.96. The van der Waals surface area contributed by atoms with Gasteiger partial charge in [0.2, 0.25) is 0 Å². The first-order valence-electron chi connectivity index (χ1n) is 6.49. The normalized spacial score (nSPS) is 23.1. The van der Waals surface area contributed by atoms with Crippen molar-refractivity contribution in [3.05, 3.63) is 17.0 Å². The molecule has 2 rings (SSSR count). The summed E-state index contributed by atoms with van der Waals surface area (Å²) in [5.74, 6) is 1.65. The lowest BCUT2D eigenvalue weighted by atomic mass is 10.2. The lowest BCUT2D eigenvalue weighted by Gasteiger charge is -2.11. The smallest absolute Gasteiger partial charge is 0.191 e. The van der Waals surface area contributed by atoms with Gasteiger partial charge in [-0.25, -0.2) is 0 Å². The molecule has 5 nitrogen and oxygen atoms in total. The Balaban J connectivity index is 1.93. The van der Waals surface area contributed by atoms with E-state index in [-0.39, 0.29) is 0 Å². The van der Waals surface area contributed by atoms with Crippen molar-refractivity contribution in [2.24, 2.45) is 18.0 Å². The van der Waals surface area contributed by atoms with E-state index in [4.69, 9.17) is 0 Å². The molecule has 1 heterocycles. The zero-order valence-corrected chi connectivity index (χ0v) is 11.9. The van der Waals surface area contributed by atoms with Crippen LogP contribution in [0, 0.1) is 19.8 Å². The Kier molecular flexibility index (Phi) is 3.59. The van der Waals surface area contributed by atoms with Gasteiger partial charge < -0.3 is 10.6 Å². The number of rotatable bonds is 3. The van der Waals surface area contributed by atoms with Gasteiger partial charge in [-0.1, -0.05) is 6.92 Å². The molecule has 5 heteroatoms. The van der Waals surface area contributed by atoms with Crippen LogP contribution in [-0.4, -0.2) is 28.8 Å². The maximum atomic E-state index is 4.42. The fourth-order valence-corrected chi connectivity index (χ4v) is 2.14. The highest BCUT2D eigenvalue weighted by atomic mass is 15.3.